The topological polar surface area (TPSA) is 63.6 Å². The van der Waals surface area contributed by atoms with Gasteiger partial charge in [0.25, 0.3) is 0 Å². The zero-order valence-corrected chi connectivity index (χ0v) is 28.1. The van der Waals surface area contributed by atoms with E-state index in [0.717, 1.165) is 51.4 Å². The minimum absolute atomic E-state index is 0.0236. The van der Waals surface area contributed by atoms with E-state index in [1.807, 2.05) is 0 Å². The van der Waals surface area contributed by atoms with E-state index in [9.17, 15) is 14.7 Å². The number of carboxylic acids is 1. The molecular formula is C36H72O4. The molecule has 240 valence electrons. The molecule has 0 saturated heterocycles. The monoisotopic (exact) mass is 569 g/mol. The minimum Gasteiger partial charge on any atom is -0.481 e. The summed E-state index contributed by atoms with van der Waals surface area (Å²) in [6.07, 6.45) is 28.8. The SMILES string of the molecule is CCCCCCC(CC(CCC)CCCCC)C(=O)O.CCCCCCCC(=O)OC(CCC)CCCCCC. The van der Waals surface area contributed by atoms with E-state index in [1.165, 1.54) is 103 Å². The summed E-state index contributed by atoms with van der Waals surface area (Å²) in [5.74, 6) is -0.0302. The second kappa shape index (κ2) is 32.5. The average Bonchev–Trinajstić information content (AvgIpc) is 2.93. The molecule has 0 fully saturated rings. The van der Waals surface area contributed by atoms with E-state index in [2.05, 4.69) is 41.5 Å². The van der Waals surface area contributed by atoms with Crippen LogP contribution >= 0.6 is 0 Å². The summed E-state index contributed by atoms with van der Waals surface area (Å²) in [4.78, 5) is 23.3. The van der Waals surface area contributed by atoms with Gasteiger partial charge in [-0.15, -0.1) is 0 Å². The lowest BCUT2D eigenvalue weighted by molar-refractivity contribution is -0.150. The summed E-state index contributed by atoms with van der Waals surface area (Å²) in [5, 5.41) is 9.42. The quantitative estimate of drug-likeness (QED) is 0.0753. The van der Waals surface area contributed by atoms with Gasteiger partial charge in [-0.1, -0.05) is 157 Å². The number of rotatable bonds is 28. The molecule has 3 unspecified atom stereocenters. The Balaban J connectivity index is 0. The van der Waals surface area contributed by atoms with Crippen molar-refractivity contribution in [3.63, 3.8) is 0 Å². The molecule has 0 aromatic rings. The normalized spacial score (nSPS) is 13.2. The van der Waals surface area contributed by atoms with E-state index >= 15 is 0 Å². The standard InChI is InChI=1S/2C18H36O2/c1-4-7-9-11-13-16-18(19)20-17(14-6-3)15-12-10-8-5-2;1-4-7-9-11-14-17(18(19)20)15-16(12-6-3)13-10-8-5-2/h17H,4-16H2,1-3H3;16-17H,4-15H2,1-3H3,(H,19,20). The predicted molar refractivity (Wildman–Crippen MR) is 174 cm³/mol. The van der Waals surface area contributed by atoms with Crippen LogP contribution in [0, 0.1) is 11.8 Å². The van der Waals surface area contributed by atoms with Crippen molar-refractivity contribution in [1.29, 1.82) is 0 Å². The van der Waals surface area contributed by atoms with Gasteiger partial charge in [0.1, 0.15) is 6.10 Å². The van der Waals surface area contributed by atoms with Gasteiger partial charge in [0, 0.05) is 6.42 Å². The van der Waals surface area contributed by atoms with Crippen molar-refractivity contribution in [2.75, 3.05) is 0 Å². The predicted octanol–water partition coefficient (Wildman–Crippen LogP) is 12.1. The van der Waals surface area contributed by atoms with Crippen molar-refractivity contribution in [2.45, 2.75) is 208 Å². The molecule has 0 aliphatic rings. The van der Waals surface area contributed by atoms with Gasteiger partial charge in [0.05, 0.1) is 5.92 Å². The smallest absolute Gasteiger partial charge is 0.306 e. The van der Waals surface area contributed by atoms with Crippen molar-refractivity contribution in [3.05, 3.63) is 0 Å². The Labute approximate surface area is 251 Å². The van der Waals surface area contributed by atoms with Crippen LogP contribution in [0.3, 0.4) is 0 Å². The highest BCUT2D eigenvalue weighted by molar-refractivity contribution is 5.70. The van der Waals surface area contributed by atoms with Gasteiger partial charge in [-0.2, -0.15) is 0 Å². The Morgan fingerprint density at radius 3 is 1.52 bits per heavy atom. The Morgan fingerprint density at radius 2 is 1.00 bits per heavy atom. The lowest BCUT2D eigenvalue weighted by atomic mass is 9.85. The second-order valence-electron chi connectivity index (χ2n) is 12.2. The van der Waals surface area contributed by atoms with Gasteiger partial charge in [-0.05, 0) is 44.4 Å². The number of carboxylic acid groups (broad SMARTS) is 1. The van der Waals surface area contributed by atoms with Gasteiger partial charge in [-0.3, -0.25) is 9.59 Å². The largest absolute Gasteiger partial charge is 0.481 e. The molecule has 0 spiro atoms. The second-order valence-corrected chi connectivity index (χ2v) is 12.2. The number of hydrogen-bond donors (Lipinski definition) is 1. The lowest BCUT2D eigenvalue weighted by Crippen LogP contribution is -2.18. The number of ether oxygens (including phenoxy) is 1. The highest BCUT2D eigenvalue weighted by Gasteiger charge is 2.21. The summed E-state index contributed by atoms with van der Waals surface area (Å²) < 4.78 is 5.64. The summed E-state index contributed by atoms with van der Waals surface area (Å²) in [6, 6.07) is 0. The molecule has 0 amide bonds. The van der Waals surface area contributed by atoms with Crippen molar-refractivity contribution in [3.8, 4) is 0 Å². The molecular weight excluding hydrogens is 496 g/mol. The molecule has 40 heavy (non-hydrogen) atoms. The first-order chi connectivity index (χ1) is 19.4. The maximum atomic E-state index is 11.8. The third kappa shape index (κ3) is 28.5. The van der Waals surface area contributed by atoms with Crippen LogP contribution in [-0.2, 0) is 14.3 Å². The molecule has 4 nitrogen and oxygen atoms in total. The maximum Gasteiger partial charge on any atom is 0.306 e. The number of esters is 1. The molecule has 0 bridgehead atoms. The number of aliphatic carboxylic acids is 1. The first-order valence-corrected chi connectivity index (χ1v) is 17.8. The van der Waals surface area contributed by atoms with Crippen LogP contribution in [0.5, 0.6) is 0 Å². The van der Waals surface area contributed by atoms with Crippen LogP contribution in [-0.4, -0.2) is 23.1 Å². The third-order valence-corrected chi connectivity index (χ3v) is 8.06. The van der Waals surface area contributed by atoms with Crippen LogP contribution in [0.15, 0.2) is 0 Å². The highest BCUT2D eigenvalue weighted by atomic mass is 16.5. The maximum absolute atomic E-state index is 11.8. The molecule has 0 saturated carbocycles. The average molecular weight is 569 g/mol. The summed E-state index contributed by atoms with van der Waals surface area (Å²) in [7, 11) is 0. The van der Waals surface area contributed by atoms with Crippen LogP contribution in [0.4, 0.5) is 0 Å². The molecule has 0 aromatic carbocycles. The Bertz CT molecular complexity index is 533. The van der Waals surface area contributed by atoms with Gasteiger partial charge >= 0.3 is 11.9 Å². The molecule has 0 radical (unpaired) electrons. The van der Waals surface area contributed by atoms with Gasteiger partial charge in [0.15, 0.2) is 0 Å². The Kier molecular flexibility index (Phi) is 33.3. The zero-order valence-electron chi connectivity index (χ0n) is 28.1. The highest BCUT2D eigenvalue weighted by Crippen LogP contribution is 2.27. The fraction of sp³-hybridized carbons (Fsp3) is 0.944. The fourth-order valence-electron chi connectivity index (χ4n) is 5.53. The Hall–Kier alpha value is -1.06. The van der Waals surface area contributed by atoms with Crippen LogP contribution in [0.1, 0.15) is 202 Å². The van der Waals surface area contributed by atoms with E-state index in [1.54, 1.807) is 0 Å². The van der Waals surface area contributed by atoms with Crippen LogP contribution < -0.4 is 0 Å². The number of hydrogen-bond acceptors (Lipinski definition) is 3. The minimum atomic E-state index is -0.571. The van der Waals surface area contributed by atoms with Crippen LogP contribution in [0.25, 0.3) is 0 Å². The fourth-order valence-corrected chi connectivity index (χ4v) is 5.53. The van der Waals surface area contributed by atoms with Gasteiger partial charge < -0.3 is 9.84 Å². The van der Waals surface area contributed by atoms with E-state index < -0.39 is 5.97 Å². The van der Waals surface area contributed by atoms with Crippen molar-refractivity contribution < 1.29 is 19.4 Å². The molecule has 0 aliphatic carbocycles. The number of carbonyl (C=O) groups excluding carboxylic acids is 1. The molecule has 1 N–H and O–H groups in total. The Morgan fingerprint density at radius 1 is 0.525 bits per heavy atom. The first kappa shape index (κ1) is 41.1. The van der Waals surface area contributed by atoms with Crippen molar-refractivity contribution in [1.82, 2.24) is 0 Å². The number of carbonyl (C=O) groups is 2. The molecule has 0 heterocycles. The van der Waals surface area contributed by atoms with Gasteiger partial charge in [-0.25, -0.2) is 0 Å². The van der Waals surface area contributed by atoms with E-state index in [0.29, 0.717) is 12.3 Å². The van der Waals surface area contributed by atoms with E-state index in [4.69, 9.17) is 4.74 Å². The molecule has 0 rings (SSSR count). The third-order valence-electron chi connectivity index (χ3n) is 8.06. The van der Waals surface area contributed by atoms with Gasteiger partial charge in [0.2, 0.25) is 0 Å². The summed E-state index contributed by atoms with van der Waals surface area (Å²) in [5.41, 5.74) is 0. The molecule has 0 aromatic heterocycles. The summed E-state index contributed by atoms with van der Waals surface area (Å²) >= 11 is 0. The van der Waals surface area contributed by atoms with Crippen molar-refractivity contribution in [2.24, 2.45) is 11.8 Å². The van der Waals surface area contributed by atoms with E-state index in [-0.39, 0.29) is 18.0 Å². The molecule has 0 aliphatic heterocycles. The molecule has 4 heteroatoms. The summed E-state index contributed by atoms with van der Waals surface area (Å²) in [6.45, 7) is 13.2. The number of unbranched alkanes of at least 4 members (excludes halogenated alkanes) is 12. The lowest BCUT2D eigenvalue weighted by Gasteiger charge is -2.21. The zero-order chi connectivity index (χ0) is 30.3. The molecule has 3 atom stereocenters. The first-order valence-electron chi connectivity index (χ1n) is 17.8. The van der Waals surface area contributed by atoms with Crippen molar-refractivity contribution >= 4 is 11.9 Å². The van der Waals surface area contributed by atoms with Crippen LogP contribution in [0.2, 0.25) is 0 Å².